The van der Waals surface area contributed by atoms with Gasteiger partial charge in [-0.25, -0.2) is 4.57 Å². The zero-order valence-corrected chi connectivity index (χ0v) is 36.8. The van der Waals surface area contributed by atoms with Gasteiger partial charge in [-0.1, -0.05) is 150 Å². The number of carbonyl (C=O) groups is 3. The lowest BCUT2D eigenvalue weighted by molar-refractivity contribution is -0.161. The minimum atomic E-state index is -4.76. The molecule has 0 aliphatic rings. The number of rotatable bonds is 39. The Hall–Kier alpha value is -3.38. The van der Waals surface area contributed by atoms with Gasteiger partial charge in [-0.3, -0.25) is 23.4 Å². The monoisotopic (exact) mass is 850 g/mol. The number of carboxylic acids is 1. The number of aliphatic carboxylic acids is 1. The van der Waals surface area contributed by atoms with Crippen LogP contribution >= 0.6 is 7.82 Å². The largest absolute Gasteiger partial charge is 0.480 e. The topological polar surface area (TPSA) is 192 Å². The molecule has 5 N–H and O–H groups in total. The molecule has 0 spiro atoms. The Morgan fingerprint density at radius 2 is 1.19 bits per heavy atom. The van der Waals surface area contributed by atoms with E-state index in [4.69, 9.17) is 24.8 Å². The first-order chi connectivity index (χ1) is 28.5. The highest BCUT2D eigenvalue weighted by Crippen LogP contribution is 2.43. The third-order valence-corrected chi connectivity index (χ3v) is 9.67. The van der Waals surface area contributed by atoms with Gasteiger partial charge in [0.15, 0.2) is 6.10 Å². The van der Waals surface area contributed by atoms with Crippen LogP contribution in [-0.2, 0) is 37.5 Å². The third-order valence-electron chi connectivity index (χ3n) is 8.72. The summed E-state index contributed by atoms with van der Waals surface area (Å²) in [5, 5.41) is 18.9. The Morgan fingerprint density at radius 3 is 1.85 bits per heavy atom. The second-order valence-electron chi connectivity index (χ2n) is 14.3. The van der Waals surface area contributed by atoms with Crippen LogP contribution in [0, 0.1) is 0 Å². The molecule has 0 fully saturated rings. The van der Waals surface area contributed by atoms with Crippen LogP contribution in [0.1, 0.15) is 149 Å². The highest BCUT2D eigenvalue weighted by molar-refractivity contribution is 7.47. The van der Waals surface area contributed by atoms with Crippen molar-refractivity contribution in [1.82, 2.24) is 0 Å². The number of phosphoric acid groups is 1. The van der Waals surface area contributed by atoms with Gasteiger partial charge in [0.1, 0.15) is 12.6 Å². The van der Waals surface area contributed by atoms with Gasteiger partial charge in [-0.15, -0.1) is 0 Å². The third kappa shape index (κ3) is 39.8. The number of phosphoric ester groups is 1. The first-order valence-corrected chi connectivity index (χ1v) is 23.2. The van der Waals surface area contributed by atoms with Crippen LogP contribution in [0.25, 0.3) is 0 Å². The summed E-state index contributed by atoms with van der Waals surface area (Å²) in [4.78, 5) is 45.9. The minimum absolute atomic E-state index is 0.00689. The fourth-order valence-corrected chi connectivity index (χ4v) is 6.06. The predicted molar refractivity (Wildman–Crippen MR) is 236 cm³/mol. The molecule has 0 bridgehead atoms. The summed E-state index contributed by atoms with van der Waals surface area (Å²) in [5.74, 6) is -2.54. The van der Waals surface area contributed by atoms with E-state index < -0.39 is 63.8 Å². The number of aliphatic hydroxyl groups is 1. The van der Waals surface area contributed by atoms with E-state index in [1.165, 1.54) is 38.5 Å². The molecule has 0 aromatic heterocycles. The molecule has 0 aliphatic heterocycles. The molecule has 336 valence electrons. The number of hydrogen-bond acceptors (Lipinski definition) is 10. The summed E-state index contributed by atoms with van der Waals surface area (Å²) in [6.45, 7) is 2.51. The molecule has 0 rings (SSSR count). The highest BCUT2D eigenvalue weighted by atomic mass is 31.2. The Balaban J connectivity index is 4.59. The van der Waals surface area contributed by atoms with E-state index in [9.17, 15) is 28.9 Å². The highest BCUT2D eigenvalue weighted by Gasteiger charge is 2.28. The Morgan fingerprint density at radius 1 is 0.627 bits per heavy atom. The van der Waals surface area contributed by atoms with Crippen molar-refractivity contribution >= 4 is 25.7 Å². The maximum absolute atomic E-state index is 12.6. The van der Waals surface area contributed by atoms with Crippen LogP contribution in [-0.4, -0.2) is 71.1 Å². The Bertz CT molecular complexity index is 1340. The zero-order chi connectivity index (χ0) is 43.7. The number of allylic oxidation sites excluding steroid dienone is 12. The van der Waals surface area contributed by atoms with Crippen LogP contribution in [0.5, 0.6) is 0 Å². The molecular formula is C46H76NO11P. The first kappa shape index (κ1) is 55.6. The summed E-state index contributed by atoms with van der Waals surface area (Å²) in [6, 6.07) is -1.55. The van der Waals surface area contributed by atoms with Gasteiger partial charge in [0, 0.05) is 12.8 Å². The summed E-state index contributed by atoms with van der Waals surface area (Å²) < 4.78 is 32.6. The number of carbonyl (C=O) groups excluding carboxylic acids is 2. The number of aliphatic hydroxyl groups excluding tert-OH is 1. The van der Waals surface area contributed by atoms with E-state index in [1.54, 1.807) is 6.08 Å². The molecule has 0 saturated carbocycles. The molecule has 0 amide bonds. The SMILES string of the molecule is CC/C=C\C/C=C\CC(O)/C=C/C=C\C/C=C\C/C=C\CCC(=O)O[C@H](COC(=O)CCCCCCC/C=C\CCCCCCCC)COP(=O)(O)OC[C@H](N)C(=O)O. The van der Waals surface area contributed by atoms with Gasteiger partial charge < -0.3 is 30.3 Å². The van der Waals surface area contributed by atoms with E-state index in [0.29, 0.717) is 25.7 Å². The standard InChI is InChI=1S/C46H76NO11P/c1-3-5-7-9-11-12-13-14-15-16-17-21-24-28-32-36-44(49)55-38-42(39-56-59(53,54)57-40-43(47)46(51)52)58-45(50)37-33-29-25-22-19-18-20-23-27-31-35-41(48)34-30-26-10-8-6-4-2/h6,8,14-15,18-19,23,25-27,29-31,35,41-43,48H,3-5,7,9-13,16-17,20-22,24,28,32-34,36-40,47H2,1-2H3,(H,51,52)(H,53,54)/b8-6-,15-14-,19-18-,27-23-,29-25-,30-26-,35-31+/t41?,42-,43+/m1/s1. The van der Waals surface area contributed by atoms with E-state index in [2.05, 4.69) is 42.7 Å². The molecule has 0 heterocycles. The number of unbranched alkanes of at least 4 members (excludes halogenated alkanes) is 11. The molecule has 12 nitrogen and oxygen atoms in total. The number of nitrogens with two attached hydrogens (primary N) is 1. The summed E-state index contributed by atoms with van der Waals surface area (Å²) in [5.41, 5.74) is 5.32. The van der Waals surface area contributed by atoms with Gasteiger partial charge in [-0.2, -0.15) is 0 Å². The van der Waals surface area contributed by atoms with E-state index in [-0.39, 0.29) is 12.8 Å². The smallest absolute Gasteiger partial charge is 0.472 e. The van der Waals surface area contributed by atoms with Crippen molar-refractivity contribution in [3.8, 4) is 0 Å². The second kappa shape index (κ2) is 40.0. The molecule has 0 aromatic carbocycles. The molecule has 0 saturated heterocycles. The number of hydrogen-bond donors (Lipinski definition) is 4. The maximum atomic E-state index is 12.6. The van der Waals surface area contributed by atoms with Crippen molar-refractivity contribution in [3.05, 3.63) is 85.1 Å². The van der Waals surface area contributed by atoms with Gasteiger partial charge in [0.25, 0.3) is 0 Å². The van der Waals surface area contributed by atoms with Crippen molar-refractivity contribution in [2.45, 2.75) is 167 Å². The normalized spacial score (nSPS) is 15.1. The molecule has 4 atom stereocenters. The molecular weight excluding hydrogens is 773 g/mol. The van der Waals surface area contributed by atoms with Crippen molar-refractivity contribution in [1.29, 1.82) is 0 Å². The fourth-order valence-electron chi connectivity index (χ4n) is 5.29. The maximum Gasteiger partial charge on any atom is 0.472 e. The van der Waals surface area contributed by atoms with Crippen LogP contribution in [0.3, 0.4) is 0 Å². The van der Waals surface area contributed by atoms with Gasteiger partial charge in [-0.05, 0) is 70.6 Å². The zero-order valence-electron chi connectivity index (χ0n) is 35.9. The molecule has 13 heteroatoms. The lowest BCUT2D eigenvalue weighted by Gasteiger charge is -2.20. The van der Waals surface area contributed by atoms with Crippen LogP contribution < -0.4 is 5.73 Å². The second-order valence-corrected chi connectivity index (χ2v) is 15.7. The van der Waals surface area contributed by atoms with E-state index >= 15 is 0 Å². The average Bonchev–Trinajstić information content (AvgIpc) is 3.21. The van der Waals surface area contributed by atoms with Crippen molar-refractivity contribution in [2.24, 2.45) is 5.73 Å². The van der Waals surface area contributed by atoms with Crippen LogP contribution in [0.15, 0.2) is 85.1 Å². The number of carboxylic acid groups (broad SMARTS) is 1. The van der Waals surface area contributed by atoms with Crippen LogP contribution in [0.2, 0.25) is 0 Å². The molecule has 59 heavy (non-hydrogen) atoms. The predicted octanol–water partition coefficient (Wildman–Crippen LogP) is 10.5. The summed E-state index contributed by atoms with van der Waals surface area (Å²) in [7, 11) is -4.76. The average molecular weight is 850 g/mol. The van der Waals surface area contributed by atoms with Gasteiger partial charge in [0.2, 0.25) is 0 Å². The molecule has 0 aromatic rings. The molecule has 0 radical (unpaired) electrons. The molecule has 0 aliphatic carbocycles. The lowest BCUT2D eigenvalue weighted by Crippen LogP contribution is -2.34. The molecule has 2 unspecified atom stereocenters. The van der Waals surface area contributed by atoms with E-state index in [0.717, 1.165) is 57.8 Å². The lowest BCUT2D eigenvalue weighted by atomic mass is 10.1. The van der Waals surface area contributed by atoms with Gasteiger partial charge >= 0.3 is 25.7 Å². The fraction of sp³-hybridized carbons (Fsp3) is 0.630. The van der Waals surface area contributed by atoms with Crippen molar-refractivity contribution in [2.75, 3.05) is 19.8 Å². The number of ether oxygens (including phenoxy) is 2. The van der Waals surface area contributed by atoms with E-state index in [1.807, 2.05) is 54.7 Å². The van der Waals surface area contributed by atoms with Crippen LogP contribution in [0.4, 0.5) is 0 Å². The number of esters is 2. The quantitative estimate of drug-likeness (QED) is 0.0151. The van der Waals surface area contributed by atoms with Crippen molar-refractivity contribution < 1.29 is 52.6 Å². The van der Waals surface area contributed by atoms with Gasteiger partial charge in [0.05, 0.1) is 19.3 Å². The minimum Gasteiger partial charge on any atom is -0.480 e. The summed E-state index contributed by atoms with van der Waals surface area (Å²) >= 11 is 0. The van der Waals surface area contributed by atoms with Crippen molar-refractivity contribution in [3.63, 3.8) is 0 Å². The Labute approximate surface area is 355 Å². The Kier molecular flexibility index (Phi) is 37.8. The first-order valence-electron chi connectivity index (χ1n) is 21.7. The summed E-state index contributed by atoms with van der Waals surface area (Å²) in [6.07, 6.45) is 45.5.